The molecule has 1 aliphatic carbocycles. The number of aliphatic hydroxyl groups excluding tert-OH is 1. The van der Waals surface area contributed by atoms with Crippen LogP contribution in [0.25, 0.3) is 5.57 Å². The van der Waals surface area contributed by atoms with Gasteiger partial charge in [0, 0.05) is 32.7 Å². The van der Waals surface area contributed by atoms with Crippen molar-refractivity contribution in [3.05, 3.63) is 47.9 Å². The van der Waals surface area contributed by atoms with E-state index in [0.29, 0.717) is 11.8 Å². The van der Waals surface area contributed by atoms with Crippen molar-refractivity contribution in [3.63, 3.8) is 0 Å². The maximum atomic E-state index is 10.4. The van der Waals surface area contributed by atoms with E-state index in [-0.39, 0.29) is 38.8 Å². The molecule has 28 heavy (non-hydrogen) atoms. The van der Waals surface area contributed by atoms with Crippen molar-refractivity contribution >= 4 is 5.57 Å². The molecule has 1 aliphatic rings. The van der Waals surface area contributed by atoms with Gasteiger partial charge >= 0.3 is 0 Å². The van der Waals surface area contributed by atoms with E-state index in [4.69, 9.17) is 0 Å². The number of benzene rings is 1. The van der Waals surface area contributed by atoms with Crippen molar-refractivity contribution in [2.24, 2.45) is 17.8 Å². The third-order valence-electron chi connectivity index (χ3n) is 6.85. The van der Waals surface area contributed by atoms with Gasteiger partial charge in [-0.05, 0) is 54.2 Å². The molecule has 1 nitrogen and oxygen atoms in total. The maximum absolute atomic E-state index is 10.4. The molecule has 1 N–H and O–H groups in total. The molecule has 2 heteroatoms. The van der Waals surface area contributed by atoms with Crippen molar-refractivity contribution < 1.29 is 37.8 Å². The first-order valence-corrected chi connectivity index (χ1v) is 11.3. The maximum Gasteiger partial charge on any atom is 0.0790 e. The Morgan fingerprint density at radius 2 is 1.68 bits per heavy atom. The summed E-state index contributed by atoms with van der Waals surface area (Å²) in [6.07, 6.45) is 10.3. The molecule has 0 fully saturated rings. The van der Waals surface area contributed by atoms with E-state index < -0.39 is 0 Å². The van der Waals surface area contributed by atoms with Gasteiger partial charge < -0.3 is 12.0 Å². The van der Waals surface area contributed by atoms with Crippen LogP contribution in [0.2, 0.25) is 0 Å². The molecule has 2 rings (SSSR count). The van der Waals surface area contributed by atoms with E-state index in [2.05, 4.69) is 58.9 Å². The summed E-state index contributed by atoms with van der Waals surface area (Å²) in [6.45, 7) is 13.3. The molecule has 155 valence electrons. The molecule has 0 heterocycles. The van der Waals surface area contributed by atoms with Gasteiger partial charge in [0.25, 0.3) is 0 Å². The van der Waals surface area contributed by atoms with Crippen molar-refractivity contribution in [1.29, 1.82) is 0 Å². The van der Waals surface area contributed by atoms with Gasteiger partial charge in [0.15, 0.2) is 0 Å². The first kappa shape index (κ1) is 26.1. The molecule has 0 aromatic heterocycles. The van der Waals surface area contributed by atoms with Gasteiger partial charge in [0.1, 0.15) is 0 Å². The van der Waals surface area contributed by atoms with Gasteiger partial charge in [-0.25, -0.2) is 0 Å². The zero-order valence-electron chi connectivity index (χ0n) is 18.7. The molecule has 1 aromatic rings. The SMILES string of the molecule is [CH2-]CCCCC[C@@H]1C(c2ccc(C(O)CCCCC)cc2)=C(C)C(C)C1C.[Y]. The Balaban J connectivity index is 0.00000392. The zero-order chi connectivity index (χ0) is 19.8. The largest absolute Gasteiger partial charge is 0.388 e. The van der Waals surface area contributed by atoms with Gasteiger partial charge in [-0.3, -0.25) is 0 Å². The molecule has 3 unspecified atom stereocenters. The van der Waals surface area contributed by atoms with Crippen molar-refractivity contribution in [1.82, 2.24) is 0 Å². The predicted octanol–water partition coefficient (Wildman–Crippen LogP) is 7.76. The van der Waals surface area contributed by atoms with Crippen LogP contribution in [0.15, 0.2) is 29.8 Å². The van der Waals surface area contributed by atoms with Crippen LogP contribution in [-0.2, 0) is 32.7 Å². The molecule has 0 spiro atoms. The Morgan fingerprint density at radius 1 is 1.00 bits per heavy atom. The number of aliphatic hydroxyl groups is 1. The van der Waals surface area contributed by atoms with Crippen LogP contribution in [0.3, 0.4) is 0 Å². The smallest absolute Gasteiger partial charge is 0.0790 e. The standard InChI is InChI=1S/C26H41O.Y/c1-6-8-10-12-13-24-20(4)19(3)21(5)26(24)23-17-15-22(16-18-23)25(27)14-11-9-7-2;/h15-20,24-25,27H,1,6-14H2,2-5H3;/q-1;/t19?,20?,24-,25?;/m0./s1. The summed E-state index contributed by atoms with van der Waals surface area (Å²) in [5.41, 5.74) is 5.59. The fourth-order valence-electron chi connectivity index (χ4n) is 4.75. The van der Waals surface area contributed by atoms with Crippen LogP contribution in [0.1, 0.15) is 103 Å². The molecular weight excluding hydrogens is 417 g/mol. The normalized spacial score (nSPS) is 23.0. The predicted molar refractivity (Wildman–Crippen MR) is 118 cm³/mol. The quantitative estimate of drug-likeness (QED) is 0.265. The molecule has 0 saturated carbocycles. The van der Waals surface area contributed by atoms with Gasteiger partial charge in [0.05, 0.1) is 6.10 Å². The monoisotopic (exact) mass is 458 g/mol. The van der Waals surface area contributed by atoms with Crippen LogP contribution in [0, 0.1) is 24.7 Å². The molecule has 0 amide bonds. The first-order valence-electron chi connectivity index (χ1n) is 11.3. The summed E-state index contributed by atoms with van der Waals surface area (Å²) in [6, 6.07) is 8.81. The van der Waals surface area contributed by atoms with Crippen molar-refractivity contribution in [2.75, 3.05) is 0 Å². The van der Waals surface area contributed by atoms with Crippen LogP contribution >= 0.6 is 0 Å². The van der Waals surface area contributed by atoms with Crippen LogP contribution < -0.4 is 0 Å². The van der Waals surface area contributed by atoms with Crippen molar-refractivity contribution in [3.8, 4) is 0 Å². The number of hydrogen-bond donors (Lipinski definition) is 1. The van der Waals surface area contributed by atoms with E-state index in [1.165, 1.54) is 44.1 Å². The van der Waals surface area contributed by atoms with Gasteiger partial charge in [-0.15, -0.1) is 0 Å². The van der Waals surface area contributed by atoms with Gasteiger partial charge in [-0.2, -0.15) is 6.42 Å². The summed E-state index contributed by atoms with van der Waals surface area (Å²) >= 11 is 0. The summed E-state index contributed by atoms with van der Waals surface area (Å²) in [5, 5.41) is 10.4. The average molecular weight is 459 g/mol. The number of hydrogen-bond acceptors (Lipinski definition) is 1. The molecule has 4 atom stereocenters. The second kappa shape index (κ2) is 13.4. The third kappa shape index (κ3) is 6.78. The summed E-state index contributed by atoms with van der Waals surface area (Å²) < 4.78 is 0. The van der Waals surface area contributed by atoms with Gasteiger partial charge in [0.2, 0.25) is 0 Å². The molecule has 1 aromatic carbocycles. The van der Waals surface area contributed by atoms with Gasteiger partial charge in [-0.1, -0.05) is 89.1 Å². The second-order valence-electron chi connectivity index (χ2n) is 8.69. The van der Waals surface area contributed by atoms with E-state index >= 15 is 0 Å². The molecule has 0 aliphatic heterocycles. The molecule has 0 saturated heterocycles. The number of unbranched alkanes of at least 4 members (excludes halogenated alkanes) is 5. The molecular formula is C26H41OY-. The summed E-state index contributed by atoms with van der Waals surface area (Å²) in [4.78, 5) is 0. The Morgan fingerprint density at radius 3 is 2.29 bits per heavy atom. The van der Waals surface area contributed by atoms with E-state index in [1.807, 2.05) is 0 Å². The minimum Gasteiger partial charge on any atom is -0.388 e. The Bertz CT molecular complexity index is 589. The Kier molecular flexibility index (Phi) is 12.4. The van der Waals surface area contributed by atoms with E-state index in [9.17, 15) is 5.11 Å². The number of rotatable bonds is 11. The van der Waals surface area contributed by atoms with Crippen molar-refractivity contribution in [2.45, 2.75) is 91.6 Å². The average Bonchev–Trinajstić information content (AvgIpc) is 2.89. The Labute approximate surface area is 199 Å². The van der Waals surface area contributed by atoms with E-state index in [1.54, 1.807) is 11.1 Å². The Hall–Kier alpha value is 0.0239. The molecule has 0 bridgehead atoms. The minimum absolute atomic E-state index is 0. The zero-order valence-corrected chi connectivity index (χ0v) is 21.6. The van der Waals surface area contributed by atoms with E-state index in [0.717, 1.165) is 30.7 Å². The second-order valence-corrected chi connectivity index (χ2v) is 8.69. The van der Waals surface area contributed by atoms with Crippen LogP contribution in [0.4, 0.5) is 0 Å². The van der Waals surface area contributed by atoms with Crippen LogP contribution in [0.5, 0.6) is 0 Å². The topological polar surface area (TPSA) is 20.2 Å². The molecule has 1 radical (unpaired) electrons. The number of allylic oxidation sites excluding steroid dienone is 2. The first-order chi connectivity index (χ1) is 13.0. The van der Waals surface area contributed by atoms with Crippen LogP contribution in [-0.4, -0.2) is 5.11 Å². The third-order valence-corrected chi connectivity index (χ3v) is 6.85. The fraction of sp³-hybridized carbons (Fsp3) is 0.654. The minimum atomic E-state index is -0.319. The summed E-state index contributed by atoms with van der Waals surface area (Å²) in [7, 11) is 0. The summed E-state index contributed by atoms with van der Waals surface area (Å²) in [5.74, 6) is 2.06. The fourth-order valence-corrected chi connectivity index (χ4v) is 4.75.